The lowest BCUT2D eigenvalue weighted by molar-refractivity contribution is 0.102. The summed E-state index contributed by atoms with van der Waals surface area (Å²) >= 11 is 0. The Morgan fingerprint density at radius 2 is 1.75 bits per heavy atom. The molecule has 3 nitrogen and oxygen atoms in total. The lowest BCUT2D eigenvalue weighted by atomic mass is 10.1. The van der Waals surface area contributed by atoms with Crippen LogP contribution in [0.3, 0.4) is 0 Å². The molecular weight excluding hydrogens is 248 g/mol. The van der Waals surface area contributed by atoms with Crippen LogP contribution in [0.2, 0.25) is 0 Å². The molecule has 3 heteroatoms. The van der Waals surface area contributed by atoms with Gasteiger partial charge in [-0.1, -0.05) is 12.1 Å². The number of anilines is 2. The predicted molar refractivity (Wildman–Crippen MR) is 84.6 cm³/mol. The molecule has 0 aromatic heterocycles. The molecule has 1 amide bonds. The molecule has 0 saturated carbocycles. The van der Waals surface area contributed by atoms with Crippen molar-refractivity contribution in [3.63, 3.8) is 0 Å². The number of rotatable bonds is 3. The monoisotopic (exact) mass is 268 g/mol. The lowest BCUT2D eigenvalue weighted by Gasteiger charge is -2.14. The summed E-state index contributed by atoms with van der Waals surface area (Å²) in [6, 6.07) is 13.5. The fourth-order valence-corrected chi connectivity index (χ4v) is 1.95. The van der Waals surface area contributed by atoms with E-state index in [1.165, 1.54) is 5.56 Å². The van der Waals surface area contributed by atoms with Crippen molar-refractivity contribution < 1.29 is 4.79 Å². The number of amides is 1. The topological polar surface area (TPSA) is 32.3 Å². The van der Waals surface area contributed by atoms with E-state index < -0.39 is 0 Å². The van der Waals surface area contributed by atoms with E-state index in [1.54, 1.807) is 0 Å². The summed E-state index contributed by atoms with van der Waals surface area (Å²) in [5.41, 5.74) is 4.86. The maximum atomic E-state index is 12.2. The molecule has 2 aromatic carbocycles. The number of nitrogens with one attached hydrogen (secondary N) is 1. The molecular formula is C17H20N2O. The molecule has 0 heterocycles. The van der Waals surface area contributed by atoms with Crippen LogP contribution in [-0.2, 0) is 0 Å². The third-order valence-electron chi connectivity index (χ3n) is 3.39. The SMILES string of the molecule is Cc1ccc(C(=O)Nc2cccc(N(C)C)c2)cc1C. The van der Waals surface area contributed by atoms with Gasteiger partial charge in [-0.25, -0.2) is 0 Å². The Hall–Kier alpha value is -2.29. The summed E-state index contributed by atoms with van der Waals surface area (Å²) in [5, 5.41) is 2.93. The van der Waals surface area contributed by atoms with Crippen LogP contribution < -0.4 is 10.2 Å². The molecule has 0 fully saturated rings. The van der Waals surface area contributed by atoms with Crippen molar-refractivity contribution in [3.8, 4) is 0 Å². The molecule has 0 radical (unpaired) electrons. The van der Waals surface area contributed by atoms with Crippen molar-refractivity contribution in [2.45, 2.75) is 13.8 Å². The van der Waals surface area contributed by atoms with Crippen molar-refractivity contribution >= 4 is 17.3 Å². The van der Waals surface area contributed by atoms with Crippen molar-refractivity contribution in [2.75, 3.05) is 24.3 Å². The summed E-state index contributed by atoms with van der Waals surface area (Å²) in [6.07, 6.45) is 0. The largest absolute Gasteiger partial charge is 0.378 e. The zero-order chi connectivity index (χ0) is 14.7. The Morgan fingerprint density at radius 1 is 1.00 bits per heavy atom. The fourth-order valence-electron chi connectivity index (χ4n) is 1.95. The first-order chi connectivity index (χ1) is 9.47. The second-order valence-electron chi connectivity index (χ2n) is 5.20. The smallest absolute Gasteiger partial charge is 0.255 e. The van der Waals surface area contributed by atoms with Gasteiger partial charge in [-0.2, -0.15) is 0 Å². The predicted octanol–water partition coefficient (Wildman–Crippen LogP) is 3.62. The van der Waals surface area contributed by atoms with Gasteiger partial charge in [0.1, 0.15) is 0 Å². The van der Waals surface area contributed by atoms with E-state index >= 15 is 0 Å². The van der Waals surface area contributed by atoms with Gasteiger partial charge < -0.3 is 10.2 Å². The van der Waals surface area contributed by atoms with Gasteiger partial charge in [0.25, 0.3) is 5.91 Å². The van der Waals surface area contributed by atoms with Crippen LogP contribution in [0.5, 0.6) is 0 Å². The molecule has 104 valence electrons. The molecule has 0 aliphatic rings. The maximum absolute atomic E-state index is 12.2. The summed E-state index contributed by atoms with van der Waals surface area (Å²) in [4.78, 5) is 14.2. The van der Waals surface area contributed by atoms with Crippen LogP contribution >= 0.6 is 0 Å². The van der Waals surface area contributed by atoms with Gasteiger partial charge in [0.15, 0.2) is 0 Å². The van der Waals surface area contributed by atoms with Gasteiger partial charge in [0.05, 0.1) is 0 Å². The van der Waals surface area contributed by atoms with Crippen LogP contribution in [0.15, 0.2) is 42.5 Å². The van der Waals surface area contributed by atoms with E-state index in [0.717, 1.165) is 16.9 Å². The van der Waals surface area contributed by atoms with Gasteiger partial charge >= 0.3 is 0 Å². The molecule has 2 rings (SSSR count). The molecule has 0 aliphatic heterocycles. The van der Waals surface area contributed by atoms with E-state index in [2.05, 4.69) is 5.32 Å². The van der Waals surface area contributed by atoms with Crippen LogP contribution in [0, 0.1) is 13.8 Å². The Kier molecular flexibility index (Phi) is 4.08. The van der Waals surface area contributed by atoms with Crippen LogP contribution in [0.25, 0.3) is 0 Å². The normalized spacial score (nSPS) is 10.2. The minimum Gasteiger partial charge on any atom is -0.378 e. The van der Waals surface area contributed by atoms with Gasteiger partial charge in [-0.3, -0.25) is 4.79 Å². The summed E-state index contributed by atoms with van der Waals surface area (Å²) in [6.45, 7) is 4.05. The van der Waals surface area contributed by atoms with E-state index in [1.807, 2.05) is 75.3 Å². The van der Waals surface area contributed by atoms with Crippen molar-refractivity contribution in [3.05, 3.63) is 59.2 Å². The van der Waals surface area contributed by atoms with Gasteiger partial charge in [0.2, 0.25) is 0 Å². The highest BCUT2D eigenvalue weighted by atomic mass is 16.1. The average molecular weight is 268 g/mol. The molecule has 0 unspecified atom stereocenters. The molecule has 0 spiro atoms. The quantitative estimate of drug-likeness (QED) is 0.922. The zero-order valence-electron chi connectivity index (χ0n) is 12.4. The van der Waals surface area contributed by atoms with E-state index in [9.17, 15) is 4.79 Å². The molecule has 20 heavy (non-hydrogen) atoms. The minimum absolute atomic E-state index is 0.0796. The van der Waals surface area contributed by atoms with Crippen LogP contribution in [-0.4, -0.2) is 20.0 Å². The number of aryl methyl sites for hydroxylation is 2. The molecule has 1 N–H and O–H groups in total. The Balaban J connectivity index is 2.19. The Labute approximate surface area is 120 Å². The second kappa shape index (κ2) is 5.78. The van der Waals surface area contributed by atoms with E-state index in [4.69, 9.17) is 0 Å². The fraction of sp³-hybridized carbons (Fsp3) is 0.235. The number of carbonyl (C=O) groups excluding carboxylic acids is 1. The first-order valence-electron chi connectivity index (χ1n) is 6.63. The maximum Gasteiger partial charge on any atom is 0.255 e. The summed E-state index contributed by atoms with van der Waals surface area (Å²) < 4.78 is 0. The molecule has 2 aromatic rings. The lowest BCUT2D eigenvalue weighted by Crippen LogP contribution is -2.13. The molecule has 0 bridgehead atoms. The Bertz CT molecular complexity index is 633. The summed E-state index contributed by atoms with van der Waals surface area (Å²) in [5.74, 6) is -0.0796. The highest BCUT2D eigenvalue weighted by Gasteiger charge is 2.07. The van der Waals surface area contributed by atoms with Crippen molar-refractivity contribution in [1.82, 2.24) is 0 Å². The first kappa shape index (κ1) is 14.1. The van der Waals surface area contributed by atoms with E-state index in [0.29, 0.717) is 5.56 Å². The van der Waals surface area contributed by atoms with Gasteiger partial charge in [0, 0.05) is 31.0 Å². The molecule has 0 saturated heterocycles. The number of hydrogen-bond donors (Lipinski definition) is 1. The highest BCUT2D eigenvalue weighted by molar-refractivity contribution is 6.04. The third-order valence-corrected chi connectivity index (χ3v) is 3.39. The number of carbonyl (C=O) groups is 1. The Morgan fingerprint density at radius 3 is 2.40 bits per heavy atom. The van der Waals surface area contributed by atoms with Crippen molar-refractivity contribution in [1.29, 1.82) is 0 Å². The zero-order valence-corrected chi connectivity index (χ0v) is 12.4. The van der Waals surface area contributed by atoms with Gasteiger partial charge in [-0.15, -0.1) is 0 Å². The molecule has 0 atom stereocenters. The van der Waals surface area contributed by atoms with E-state index in [-0.39, 0.29) is 5.91 Å². The average Bonchev–Trinajstić information content (AvgIpc) is 2.42. The number of benzene rings is 2. The third kappa shape index (κ3) is 3.18. The first-order valence-corrected chi connectivity index (χ1v) is 6.63. The van der Waals surface area contributed by atoms with Gasteiger partial charge in [-0.05, 0) is 55.3 Å². The number of nitrogens with zero attached hydrogens (tertiary/aromatic N) is 1. The number of hydrogen-bond acceptors (Lipinski definition) is 2. The minimum atomic E-state index is -0.0796. The second-order valence-corrected chi connectivity index (χ2v) is 5.20. The standard InChI is InChI=1S/C17H20N2O/c1-12-8-9-14(10-13(12)2)17(20)18-15-6-5-7-16(11-15)19(3)4/h5-11H,1-4H3,(H,18,20). The van der Waals surface area contributed by atoms with Crippen molar-refractivity contribution in [2.24, 2.45) is 0 Å². The highest BCUT2D eigenvalue weighted by Crippen LogP contribution is 2.18. The molecule has 0 aliphatic carbocycles. The van der Waals surface area contributed by atoms with Crippen LogP contribution in [0.4, 0.5) is 11.4 Å². The summed E-state index contributed by atoms with van der Waals surface area (Å²) in [7, 11) is 3.95. The van der Waals surface area contributed by atoms with Crippen LogP contribution in [0.1, 0.15) is 21.5 Å².